The predicted octanol–water partition coefficient (Wildman–Crippen LogP) is 1.88. The molecule has 0 aliphatic heterocycles. The molecule has 1 heterocycles. The molecule has 6 heteroatoms. The van der Waals surface area contributed by atoms with Gasteiger partial charge < -0.3 is 9.84 Å². The Balaban J connectivity index is 1.84. The molecular weight excluding hydrogens is 249 g/mol. The first-order valence-electron chi connectivity index (χ1n) is 5.77. The number of carbonyl (C=O) groups excluding carboxylic acids is 1. The van der Waals surface area contributed by atoms with Crippen LogP contribution in [0.5, 0.6) is 0 Å². The zero-order valence-corrected chi connectivity index (χ0v) is 10.5. The maximum absolute atomic E-state index is 13.0. The van der Waals surface area contributed by atoms with Gasteiger partial charge in [0.25, 0.3) is 0 Å². The van der Waals surface area contributed by atoms with Crippen molar-refractivity contribution in [3.8, 4) is 0 Å². The summed E-state index contributed by atoms with van der Waals surface area (Å²) in [5, 5.41) is 6.21. The van der Waals surface area contributed by atoms with Gasteiger partial charge in [-0.15, -0.1) is 0 Å². The fraction of sp³-hybridized carbons (Fsp3) is 0.231. The minimum absolute atomic E-state index is 0.178. The van der Waals surface area contributed by atoms with Gasteiger partial charge in [0.1, 0.15) is 5.82 Å². The van der Waals surface area contributed by atoms with Crippen molar-refractivity contribution in [2.45, 2.75) is 6.54 Å². The van der Waals surface area contributed by atoms with Gasteiger partial charge in [0.15, 0.2) is 5.76 Å². The molecule has 1 amide bonds. The lowest BCUT2D eigenvalue weighted by Gasteiger charge is -2.14. The van der Waals surface area contributed by atoms with Crippen molar-refractivity contribution in [1.82, 2.24) is 10.1 Å². The Morgan fingerprint density at radius 2 is 2.32 bits per heavy atom. The summed E-state index contributed by atoms with van der Waals surface area (Å²) in [6.07, 6.45) is 1.55. The van der Waals surface area contributed by atoms with E-state index in [1.54, 1.807) is 36.3 Å². The molecule has 1 aromatic carbocycles. The molecule has 2 rings (SSSR count). The predicted molar refractivity (Wildman–Crippen MR) is 67.9 cm³/mol. The van der Waals surface area contributed by atoms with Gasteiger partial charge in [-0.1, -0.05) is 11.2 Å². The quantitative estimate of drug-likeness (QED) is 0.895. The molecule has 0 radical (unpaired) electrons. The van der Waals surface area contributed by atoms with Crippen molar-refractivity contribution >= 4 is 11.6 Å². The third-order valence-electron chi connectivity index (χ3n) is 2.44. The lowest BCUT2D eigenvalue weighted by atomic mass is 10.3. The smallest absolute Gasteiger partial charge is 0.238 e. The Labute approximate surface area is 110 Å². The number of carbonyl (C=O) groups is 1. The topological polar surface area (TPSA) is 58.4 Å². The van der Waals surface area contributed by atoms with E-state index < -0.39 is 0 Å². The average Bonchev–Trinajstić information content (AvgIpc) is 2.81. The Hall–Kier alpha value is -2.21. The summed E-state index contributed by atoms with van der Waals surface area (Å²) in [6.45, 7) is 0.661. The van der Waals surface area contributed by atoms with E-state index >= 15 is 0 Å². The summed E-state index contributed by atoms with van der Waals surface area (Å²) in [6, 6.07) is 7.52. The Morgan fingerprint density at radius 1 is 1.47 bits per heavy atom. The highest BCUT2D eigenvalue weighted by atomic mass is 19.1. The van der Waals surface area contributed by atoms with Crippen molar-refractivity contribution < 1.29 is 13.7 Å². The van der Waals surface area contributed by atoms with E-state index in [9.17, 15) is 9.18 Å². The van der Waals surface area contributed by atoms with E-state index in [0.29, 0.717) is 18.0 Å². The molecule has 0 atom stereocenters. The maximum atomic E-state index is 13.0. The number of halogens is 1. The Bertz CT molecular complexity index is 543. The van der Waals surface area contributed by atoms with Crippen LogP contribution >= 0.6 is 0 Å². The fourth-order valence-corrected chi connectivity index (χ4v) is 1.66. The molecule has 2 aromatic rings. The fourth-order valence-electron chi connectivity index (χ4n) is 1.66. The summed E-state index contributed by atoms with van der Waals surface area (Å²) in [5.41, 5.74) is 0.443. The molecular formula is C13H14FN3O2. The second-order valence-corrected chi connectivity index (χ2v) is 4.21. The van der Waals surface area contributed by atoms with Crippen LogP contribution in [0, 0.1) is 5.82 Å². The van der Waals surface area contributed by atoms with Gasteiger partial charge in [0.2, 0.25) is 5.91 Å². The van der Waals surface area contributed by atoms with Crippen LogP contribution in [0.1, 0.15) is 5.76 Å². The van der Waals surface area contributed by atoms with E-state index in [0.717, 1.165) is 0 Å². The molecule has 100 valence electrons. The summed E-state index contributed by atoms with van der Waals surface area (Å²) >= 11 is 0. The van der Waals surface area contributed by atoms with Gasteiger partial charge in [-0.2, -0.15) is 0 Å². The SMILES string of the molecule is CN(CC(=O)Nc1cccc(F)c1)Cc1ccno1. The van der Waals surface area contributed by atoms with Gasteiger partial charge in [0.05, 0.1) is 19.3 Å². The van der Waals surface area contributed by atoms with E-state index in [4.69, 9.17) is 4.52 Å². The summed E-state index contributed by atoms with van der Waals surface area (Å²) in [5.74, 6) is 0.0847. The summed E-state index contributed by atoms with van der Waals surface area (Å²) in [4.78, 5) is 13.5. The Morgan fingerprint density at radius 3 is 3.00 bits per heavy atom. The minimum Gasteiger partial charge on any atom is -0.360 e. The number of hydrogen-bond acceptors (Lipinski definition) is 4. The lowest BCUT2D eigenvalue weighted by molar-refractivity contribution is -0.117. The molecule has 1 N–H and O–H groups in total. The second kappa shape index (κ2) is 6.10. The van der Waals surface area contributed by atoms with E-state index in [2.05, 4.69) is 10.5 Å². The van der Waals surface area contributed by atoms with E-state index in [-0.39, 0.29) is 18.3 Å². The third kappa shape index (κ3) is 4.18. The number of benzene rings is 1. The second-order valence-electron chi connectivity index (χ2n) is 4.21. The average molecular weight is 263 g/mol. The normalized spacial score (nSPS) is 10.7. The van der Waals surface area contributed by atoms with Crippen LogP contribution in [-0.2, 0) is 11.3 Å². The van der Waals surface area contributed by atoms with Gasteiger partial charge in [-0.3, -0.25) is 9.69 Å². The molecule has 1 aromatic heterocycles. The highest BCUT2D eigenvalue weighted by molar-refractivity contribution is 5.92. The number of nitrogens with zero attached hydrogens (tertiary/aromatic N) is 2. The van der Waals surface area contributed by atoms with Gasteiger partial charge >= 0.3 is 0 Å². The zero-order chi connectivity index (χ0) is 13.7. The van der Waals surface area contributed by atoms with Gasteiger partial charge in [-0.25, -0.2) is 4.39 Å². The van der Waals surface area contributed by atoms with Crippen molar-refractivity contribution in [3.05, 3.63) is 48.1 Å². The molecule has 0 saturated carbocycles. The third-order valence-corrected chi connectivity index (χ3v) is 2.44. The van der Waals surface area contributed by atoms with Crippen molar-refractivity contribution in [2.75, 3.05) is 18.9 Å². The first-order chi connectivity index (χ1) is 9.13. The molecule has 0 aliphatic rings. The van der Waals surface area contributed by atoms with Gasteiger partial charge in [0, 0.05) is 11.8 Å². The van der Waals surface area contributed by atoms with Crippen molar-refractivity contribution in [3.63, 3.8) is 0 Å². The monoisotopic (exact) mass is 263 g/mol. The van der Waals surface area contributed by atoms with Gasteiger partial charge in [-0.05, 0) is 25.2 Å². The molecule has 0 spiro atoms. The standard InChI is InChI=1S/C13H14FN3O2/c1-17(8-12-5-6-15-19-12)9-13(18)16-11-4-2-3-10(14)7-11/h2-7H,8-9H2,1H3,(H,16,18). The number of likely N-dealkylation sites (N-methyl/N-ethyl adjacent to an activating group) is 1. The number of hydrogen-bond donors (Lipinski definition) is 1. The largest absolute Gasteiger partial charge is 0.360 e. The van der Waals surface area contributed by atoms with Crippen LogP contribution < -0.4 is 5.32 Å². The van der Waals surface area contributed by atoms with Crippen LogP contribution in [0.2, 0.25) is 0 Å². The number of nitrogens with one attached hydrogen (secondary N) is 1. The number of amides is 1. The highest BCUT2D eigenvalue weighted by Gasteiger charge is 2.09. The van der Waals surface area contributed by atoms with Crippen molar-refractivity contribution in [2.24, 2.45) is 0 Å². The van der Waals surface area contributed by atoms with Crippen LogP contribution in [0.3, 0.4) is 0 Å². The molecule has 0 unspecified atom stereocenters. The highest BCUT2D eigenvalue weighted by Crippen LogP contribution is 2.09. The molecule has 19 heavy (non-hydrogen) atoms. The lowest BCUT2D eigenvalue weighted by Crippen LogP contribution is -2.29. The van der Waals surface area contributed by atoms with E-state index in [1.165, 1.54) is 12.1 Å². The first kappa shape index (κ1) is 13.2. The number of anilines is 1. The van der Waals surface area contributed by atoms with Crippen LogP contribution in [0.25, 0.3) is 0 Å². The zero-order valence-electron chi connectivity index (χ0n) is 10.5. The number of aromatic nitrogens is 1. The molecule has 0 bridgehead atoms. The molecule has 0 aliphatic carbocycles. The molecule has 0 saturated heterocycles. The Kier molecular flexibility index (Phi) is 4.25. The van der Waals surface area contributed by atoms with Crippen LogP contribution in [-0.4, -0.2) is 29.6 Å². The maximum Gasteiger partial charge on any atom is 0.238 e. The van der Waals surface area contributed by atoms with Crippen LogP contribution in [0.15, 0.2) is 41.1 Å². The molecule has 5 nitrogen and oxygen atoms in total. The molecule has 0 fully saturated rings. The summed E-state index contributed by atoms with van der Waals surface area (Å²) in [7, 11) is 1.79. The van der Waals surface area contributed by atoms with E-state index in [1.807, 2.05) is 0 Å². The minimum atomic E-state index is -0.382. The summed E-state index contributed by atoms with van der Waals surface area (Å²) < 4.78 is 17.9. The first-order valence-corrected chi connectivity index (χ1v) is 5.77. The number of rotatable bonds is 5. The van der Waals surface area contributed by atoms with Crippen LogP contribution in [0.4, 0.5) is 10.1 Å². The van der Waals surface area contributed by atoms with Crippen molar-refractivity contribution in [1.29, 1.82) is 0 Å².